The maximum absolute atomic E-state index is 12.9. The molecule has 1 amide bonds. The van der Waals surface area contributed by atoms with Crippen LogP contribution in [0.1, 0.15) is 16.1 Å². The summed E-state index contributed by atoms with van der Waals surface area (Å²) in [5, 5.41) is 2.63. The molecule has 0 fully saturated rings. The van der Waals surface area contributed by atoms with Crippen molar-refractivity contribution in [3.05, 3.63) is 70.1 Å². The van der Waals surface area contributed by atoms with E-state index < -0.39 is 0 Å². The molecule has 0 bridgehead atoms. The van der Waals surface area contributed by atoms with E-state index in [0.29, 0.717) is 39.8 Å². The second kappa shape index (κ2) is 8.46. The lowest BCUT2D eigenvalue weighted by Gasteiger charge is -2.11. The fourth-order valence-electron chi connectivity index (χ4n) is 3.29. The third kappa shape index (κ3) is 3.69. The first-order valence-electron chi connectivity index (χ1n) is 9.23. The molecule has 0 unspecified atom stereocenters. The van der Waals surface area contributed by atoms with Crippen LogP contribution in [0.3, 0.4) is 0 Å². The van der Waals surface area contributed by atoms with Crippen LogP contribution in [0.4, 0.5) is 0 Å². The fraction of sp³-hybridized carbons (Fsp3) is 0.182. The topological polar surface area (TPSA) is 77.8 Å². The molecule has 2 heterocycles. The molecule has 0 saturated carbocycles. The highest BCUT2D eigenvalue weighted by atomic mass is 32.1. The van der Waals surface area contributed by atoms with Crippen LogP contribution in [0.25, 0.3) is 10.9 Å². The molecule has 0 radical (unpaired) electrons. The number of hydrogen-bond acceptors (Lipinski definition) is 5. The lowest BCUT2D eigenvalue weighted by molar-refractivity contribution is 0.0994. The summed E-state index contributed by atoms with van der Waals surface area (Å²) in [7, 11) is 4.67. The summed E-state index contributed by atoms with van der Waals surface area (Å²) < 4.78 is 18.3. The monoisotopic (exact) mass is 423 g/mol. The molecule has 0 aliphatic rings. The van der Waals surface area contributed by atoms with E-state index in [0.717, 1.165) is 10.9 Å². The van der Waals surface area contributed by atoms with E-state index in [9.17, 15) is 4.79 Å². The number of fused-ring (bicyclic) bond motifs is 1. The van der Waals surface area contributed by atoms with E-state index in [1.54, 1.807) is 33.5 Å². The minimum absolute atomic E-state index is 0.342. The number of nitrogens with one attached hydrogen (secondary N) is 1. The van der Waals surface area contributed by atoms with Crippen LogP contribution in [-0.2, 0) is 6.54 Å². The summed E-state index contributed by atoms with van der Waals surface area (Å²) in [6, 6.07) is 13.5. The van der Waals surface area contributed by atoms with Gasteiger partial charge in [-0.1, -0.05) is 30.3 Å². The summed E-state index contributed by atoms with van der Waals surface area (Å²) in [4.78, 5) is 21.0. The Morgan fingerprint density at radius 2 is 1.83 bits per heavy atom. The molecule has 0 spiro atoms. The van der Waals surface area contributed by atoms with Crippen LogP contribution in [0, 0.1) is 0 Å². The number of carbonyl (C=O) groups excluding carboxylic acids is 1. The maximum Gasteiger partial charge on any atom is 0.296 e. The molecule has 8 heteroatoms. The Bertz CT molecular complexity index is 1250. The van der Waals surface area contributed by atoms with Crippen molar-refractivity contribution in [3.8, 4) is 17.2 Å². The zero-order chi connectivity index (χ0) is 21.1. The summed E-state index contributed by atoms with van der Waals surface area (Å²) >= 11 is 1.41. The standard InChI is InChI=1S/C22H21N3O4S/c1-27-17-12-18(28-2)20(29-3)19-15(17)11-16(23-19)21(26)24-22-25(9-10-30-22)13-14-7-5-4-6-8-14/h4-12,23H,13H2,1-3H3. The van der Waals surface area contributed by atoms with Crippen molar-refractivity contribution in [1.29, 1.82) is 0 Å². The fourth-order valence-corrected chi connectivity index (χ4v) is 4.01. The first-order valence-corrected chi connectivity index (χ1v) is 10.1. The number of nitrogens with zero attached hydrogens (tertiary/aromatic N) is 2. The van der Waals surface area contributed by atoms with Gasteiger partial charge in [0.05, 0.1) is 26.8 Å². The Labute approximate surface area is 177 Å². The number of amides is 1. The van der Waals surface area contributed by atoms with E-state index in [-0.39, 0.29) is 5.91 Å². The van der Waals surface area contributed by atoms with Gasteiger partial charge in [-0.25, -0.2) is 0 Å². The number of aromatic amines is 1. The van der Waals surface area contributed by atoms with Crippen LogP contribution >= 0.6 is 11.3 Å². The number of benzene rings is 2. The van der Waals surface area contributed by atoms with Crippen LogP contribution < -0.4 is 19.0 Å². The molecule has 7 nitrogen and oxygen atoms in total. The third-order valence-electron chi connectivity index (χ3n) is 4.72. The predicted molar refractivity (Wildman–Crippen MR) is 116 cm³/mol. The van der Waals surface area contributed by atoms with Crippen molar-refractivity contribution >= 4 is 28.1 Å². The SMILES string of the molecule is COc1cc(OC)c2cc(C(=O)N=c3sccn3Cc3ccccc3)[nH]c2c1OC. The average molecular weight is 423 g/mol. The van der Waals surface area contributed by atoms with Gasteiger partial charge in [0.25, 0.3) is 5.91 Å². The van der Waals surface area contributed by atoms with Crippen LogP contribution in [0.2, 0.25) is 0 Å². The Morgan fingerprint density at radius 1 is 1.07 bits per heavy atom. The van der Waals surface area contributed by atoms with Crippen molar-refractivity contribution in [2.24, 2.45) is 4.99 Å². The summed E-state index contributed by atoms with van der Waals surface area (Å²) in [6.45, 7) is 0.641. The minimum atomic E-state index is -0.376. The predicted octanol–water partition coefficient (Wildman–Crippen LogP) is 3.85. The van der Waals surface area contributed by atoms with Gasteiger partial charge in [0.15, 0.2) is 16.3 Å². The molecule has 0 saturated heterocycles. The van der Waals surface area contributed by atoms with Gasteiger partial charge in [-0.15, -0.1) is 11.3 Å². The van der Waals surface area contributed by atoms with Gasteiger partial charge >= 0.3 is 0 Å². The quantitative estimate of drug-likeness (QED) is 0.511. The number of methoxy groups -OCH3 is 3. The molecule has 30 heavy (non-hydrogen) atoms. The number of thiazole rings is 1. The van der Waals surface area contributed by atoms with Gasteiger partial charge in [0.1, 0.15) is 11.4 Å². The molecular formula is C22H21N3O4S. The molecule has 2 aromatic heterocycles. The second-order valence-electron chi connectivity index (χ2n) is 6.50. The van der Waals surface area contributed by atoms with Crippen molar-refractivity contribution < 1.29 is 19.0 Å². The van der Waals surface area contributed by atoms with Gasteiger partial charge in [-0.2, -0.15) is 4.99 Å². The lowest BCUT2D eigenvalue weighted by atomic mass is 10.2. The minimum Gasteiger partial charge on any atom is -0.496 e. The van der Waals surface area contributed by atoms with E-state index in [1.807, 2.05) is 46.5 Å². The van der Waals surface area contributed by atoms with Gasteiger partial charge in [0.2, 0.25) is 0 Å². The first kappa shape index (κ1) is 19.8. The summed E-state index contributed by atoms with van der Waals surface area (Å²) in [5.41, 5.74) is 2.10. The van der Waals surface area contributed by atoms with Crippen molar-refractivity contribution in [2.45, 2.75) is 6.54 Å². The van der Waals surface area contributed by atoms with Gasteiger partial charge in [-0.3, -0.25) is 4.79 Å². The van der Waals surface area contributed by atoms with Crippen molar-refractivity contribution in [3.63, 3.8) is 0 Å². The molecule has 0 atom stereocenters. The largest absolute Gasteiger partial charge is 0.496 e. The van der Waals surface area contributed by atoms with E-state index in [2.05, 4.69) is 9.98 Å². The molecular weight excluding hydrogens is 402 g/mol. The van der Waals surface area contributed by atoms with Gasteiger partial charge < -0.3 is 23.8 Å². The molecule has 0 aliphatic heterocycles. The van der Waals surface area contributed by atoms with E-state index in [4.69, 9.17) is 14.2 Å². The molecule has 154 valence electrons. The number of hydrogen-bond donors (Lipinski definition) is 1. The normalized spacial score (nSPS) is 11.6. The Hall–Kier alpha value is -3.52. The summed E-state index contributed by atoms with van der Waals surface area (Å²) in [6.07, 6.45) is 1.92. The number of rotatable bonds is 6. The highest BCUT2D eigenvalue weighted by Crippen LogP contribution is 2.41. The van der Waals surface area contributed by atoms with E-state index >= 15 is 0 Å². The van der Waals surface area contributed by atoms with Gasteiger partial charge in [0, 0.05) is 29.6 Å². The van der Waals surface area contributed by atoms with Crippen molar-refractivity contribution in [2.75, 3.05) is 21.3 Å². The summed E-state index contributed by atoms with van der Waals surface area (Å²) in [5.74, 6) is 1.22. The molecule has 4 aromatic rings. The molecule has 2 aromatic carbocycles. The Balaban J connectivity index is 1.74. The third-order valence-corrected chi connectivity index (χ3v) is 5.52. The second-order valence-corrected chi connectivity index (χ2v) is 7.38. The maximum atomic E-state index is 12.9. The first-order chi connectivity index (χ1) is 14.6. The molecule has 4 rings (SSSR count). The Morgan fingerprint density at radius 3 is 2.53 bits per heavy atom. The number of aromatic nitrogens is 2. The van der Waals surface area contributed by atoms with Crippen LogP contribution in [-0.4, -0.2) is 36.8 Å². The average Bonchev–Trinajstić information content (AvgIpc) is 3.40. The van der Waals surface area contributed by atoms with Gasteiger partial charge in [-0.05, 0) is 11.6 Å². The number of H-pyrrole nitrogens is 1. The molecule has 0 aliphatic carbocycles. The zero-order valence-corrected chi connectivity index (χ0v) is 17.7. The van der Waals surface area contributed by atoms with E-state index in [1.165, 1.54) is 11.3 Å². The smallest absolute Gasteiger partial charge is 0.296 e. The molecule has 1 N–H and O–H groups in total. The van der Waals surface area contributed by atoms with Crippen LogP contribution in [0.5, 0.6) is 17.2 Å². The Kier molecular flexibility index (Phi) is 5.58. The highest BCUT2D eigenvalue weighted by molar-refractivity contribution is 7.07. The van der Waals surface area contributed by atoms with Crippen molar-refractivity contribution in [1.82, 2.24) is 9.55 Å². The number of ether oxygens (including phenoxy) is 3. The zero-order valence-electron chi connectivity index (χ0n) is 16.8. The highest BCUT2D eigenvalue weighted by Gasteiger charge is 2.19. The van der Waals surface area contributed by atoms with Crippen LogP contribution in [0.15, 0.2) is 59.0 Å². The lowest BCUT2D eigenvalue weighted by Crippen LogP contribution is -2.17. The number of carbonyl (C=O) groups is 1.